The molecule has 0 spiro atoms. The van der Waals surface area contributed by atoms with E-state index in [0.29, 0.717) is 19.8 Å². The molecule has 0 N–H and O–H groups in total. The summed E-state index contributed by atoms with van der Waals surface area (Å²) in [5.41, 5.74) is 11.7. The summed E-state index contributed by atoms with van der Waals surface area (Å²) in [5.74, 6) is -1.55. The van der Waals surface area contributed by atoms with Gasteiger partial charge in [0.2, 0.25) is 0 Å². The Bertz CT molecular complexity index is 2510. The van der Waals surface area contributed by atoms with Crippen LogP contribution >= 0.6 is 0 Å². The van der Waals surface area contributed by atoms with Gasteiger partial charge in [-0.05, 0) is 55.8 Å². The van der Waals surface area contributed by atoms with Crippen molar-refractivity contribution in [3.05, 3.63) is 154 Å². The van der Waals surface area contributed by atoms with Crippen LogP contribution < -0.4 is 0 Å². The number of hydrogen-bond donors (Lipinski definition) is 0. The topological polar surface area (TPSA) is 178 Å². The van der Waals surface area contributed by atoms with E-state index in [4.69, 9.17) is 66.3 Å². The summed E-state index contributed by atoms with van der Waals surface area (Å²) in [6.07, 6.45) is -8.31. The molecule has 10 unspecified atom stereocenters. The van der Waals surface area contributed by atoms with E-state index in [1.165, 1.54) is 0 Å². The normalized spacial score (nSPS) is 40.1. The second-order valence-corrected chi connectivity index (χ2v) is 21.5. The zero-order valence-corrected chi connectivity index (χ0v) is 42.9. The molecular formula is C57H69N3O14. The van der Waals surface area contributed by atoms with Crippen molar-refractivity contribution in [1.82, 2.24) is 0 Å². The van der Waals surface area contributed by atoms with Crippen LogP contribution in [-0.2, 0) is 86.1 Å². The van der Waals surface area contributed by atoms with Crippen molar-refractivity contribution in [1.29, 1.82) is 0 Å². The van der Waals surface area contributed by atoms with Crippen molar-refractivity contribution in [2.75, 3.05) is 26.4 Å². The molecule has 17 nitrogen and oxygen atoms in total. The maximum absolute atomic E-state index is 9.59. The first-order chi connectivity index (χ1) is 35.9. The molecule has 4 aromatic carbocycles. The van der Waals surface area contributed by atoms with Crippen LogP contribution in [0.5, 0.6) is 0 Å². The van der Waals surface area contributed by atoms with Gasteiger partial charge in [-0.1, -0.05) is 140 Å². The molecule has 0 amide bonds. The first kappa shape index (κ1) is 51.7. The summed E-state index contributed by atoms with van der Waals surface area (Å²) in [6.45, 7) is 13.8. The second-order valence-electron chi connectivity index (χ2n) is 21.5. The van der Waals surface area contributed by atoms with Crippen molar-refractivity contribution in [3.63, 3.8) is 0 Å². The number of benzene rings is 4. The molecule has 74 heavy (non-hydrogen) atoms. The molecule has 19 atom stereocenters. The van der Waals surface area contributed by atoms with E-state index in [9.17, 15) is 5.53 Å². The fourth-order valence-electron chi connectivity index (χ4n) is 11.9. The van der Waals surface area contributed by atoms with Gasteiger partial charge in [-0.15, -0.1) is 0 Å². The fourth-order valence-corrected chi connectivity index (χ4v) is 11.9. The van der Waals surface area contributed by atoms with Crippen molar-refractivity contribution in [3.8, 4) is 0 Å². The maximum Gasteiger partial charge on any atom is 0.187 e. The van der Waals surface area contributed by atoms with E-state index < -0.39 is 109 Å². The van der Waals surface area contributed by atoms with Crippen LogP contribution in [0.1, 0.15) is 70.1 Å². The van der Waals surface area contributed by atoms with Gasteiger partial charge < -0.3 is 66.3 Å². The van der Waals surface area contributed by atoms with E-state index in [0.717, 1.165) is 22.3 Å². The average molecular weight is 1020 g/mol. The lowest BCUT2D eigenvalue weighted by Crippen LogP contribution is -2.79. The quantitative estimate of drug-likeness (QED) is 0.0526. The van der Waals surface area contributed by atoms with Crippen LogP contribution in [0.25, 0.3) is 10.4 Å². The molecule has 4 aromatic rings. The molecule has 7 aliphatic heterocycles. The number of azide groups is 1. The highest BCUT2D eigenvalue weighted by Gasteiger charge is 2.70. The number of ether oxygens (including phenoxy) is 14. The lowest BCUT2D eigenvalue weighted by Gasteiger charge is -2.63. The van der Waals surface area contributed by atoms with Crippen molar-refractivity contribution >= 4 is 0 Å². The summed E-state index contributed by atoms with van der Waals surface area (Å²) in [5, 5.41) is 4.17. The van der Waals surface area contributed by atoms with Crippen molar-refractivity contribution in [2.45, 2.75) is 170 Å². The zero-order valence-electron chi connectivity index (χ0n) is 42.9. The summed E-state index contributed by atoms with van der Waals surface area (Å²) in [4.78, 5) is 3.18. The standard InChI is InChI=1S/C57H69N3O14/c1-34-43(59-60-58)41(30-61-27-37-19-11-7-12-20-37)67-49-45(34)73-56(49,6)50-48-47(71-55(4,5)72-48)46(36(3)66-50)69-52-35(2)44(42(31-64-52)63-29-39-23-15-9-16-24-39)68-54-51-57(33-65-54,32-62-28-38-21-13-8-14-22-38)74-53(70-51)40-25-17-10-18-26-40/h7-26,34-36,41-54H,27-33H2,1-6H3/t34?,35?,36?,41?,42-,43+,44?,45?,46-,47?,48?,49+,50+,51-,52-,53-,54+,56?,57?/m0/s1. The highest BCUT2D eigenvalue weighted by molar-refractivity contribution is 5.21. The number of nitrogens with zero attached hydrogens (tertiary/aromatic N) is 3. The third-order valence-electron chi connectivity index (χ3n) is 15.8. The molecule has 0 aromatic heterocycles. The van der Waals surface area contributed by atoms with Gasteiger partial charge in [-0.25, -0.2) is 0 Å². The lowest BCUT2D eigenvalue weighted by atomic mass is 9.70. The third kappa shape index (κ3) is 10.4. The molecule has 0 aliphatic carbocycles. The number of rotatable bonds is 18. The molecule has 7 aliphatic rings. The Hall–Kier alpha value is -4.37. The van der Waals surface area contributed by atoms with Gasteiger partial charge in [-0.3, -0.25) is 0 Å². The Kier molecular flexibility index (Phi) is 15.3. The van der Waals surface area contributed by atoms with Crippen molar-refractivity contribution in [2.24, 2.45) is 17.0 Å². The minimum absolute atomic E-state index is 0.161. The Labute approximate surface area is 432 Å². The fraction of sp³-hybridized carbons (Fsp3) is 0.579. The van der Waals surface area contributed by atoms with Crippen molar-refractivity contribution < 1.29 is 66.3 Å². The zero-order chi connectivity index (χ0) is 51.0. The predicted octanol–water partition coefficient (Wildman–Crippen LogP) is 8.52. The van der Waals surface area contributed by atoms with Gasteiger partial charge in [0.05, 0.1) is 76.7 Å². The molecular weight excluding hydrogens is 951 g/mol. The summed E-state index contributed by atoms with van der Waals surface area (Å²) >= 11 is 0. The van der Waals surface area contributed by atoms with Crippen LogP contribution in [0.2, 0.25) is 0 Å². The Morgan fingerprint density at radius 1 is 0.608 bits per heavy atom. The van der Waals surface area contributed by atoms with Crippen LogP contribution in [0.4, 0.5) is 0 Å². The van der Waals surface area contributed by atoms with Gasteiger partial charge in [0.25, 0.3) is 0 Å². The molecule has 396 valence electrons. The summed E-state index contributed by atoms with van der Waals surface area (Å²) in [6, 6.07) is 39.4. The second kappa shape index (κ2) is 21.9. The Morgan fingerprint density at radius 3 is 1.89 bits per heavy atom. The summed E-state index contributed by atoms with van der Waals surface area (Å²) in [7, 11) is 0. The molecule has 7 saturated heterocycles. The monoisotopic (exact) mass is 1020 g/mol. The first-order valence-corrected chi connectivity index (χ1v) is 26.1. The van der Waals surface area contributed by atoms with Gasteiger partial charge >= 0.3 is 0 Å². The van der Waals surface area contributed by atoms with Crippen LogP contribution in [0.15, 0.2) is 126 Å². The molecule has 0 bridgehead atoms. The predicted molar refractivity (Wildman–Crippen MR) is 266 cm³/mol. The van der Waals surface area contributed by atoms with E-state index >= 15 is 0 Å². The van der Waals surface area contributed by atoms with Gasteiger partial charge in [0.15, 0.2) is 24.7 Å². The first-order valence-electron chi connectivity index (χ1n) is 26.1. The van der Waals surface area contributed by atoms with Gasteiger partial charge in [0.1, 0.15) is 53.9 Å². The van der Waals surface area contributed by atoms with Crippen LogP contribution in [0.3, 0.4) is 0 Å². The minimum Gasteiger partial charge on any atom is -0.374 e. The highest BCUT2D eigenvalue weighted by Crippen LogP contribution is 2.53. The highest BCUT2D eigenvalue weighted by atomic mass is 16.8. The lowest BCUT2D eigenvalue weighted by molar-refractivity contribution is -0.395. The smallest absolute Gasteiger partial charge is 0.187 e. The van der Waals surface area contributed by atoms with E-state index in [1.807, 2.05) is 163 Å². The number of hydrogen-bond acceptors (Lipinski definition) is 15. The maximum atomic E-state index is 9.59. The number of fused-ring (bicyclic) bond motifs is 3. The molecule has 11 rings (SSSR count). The molecule has 7 heterocycles. The Balaban J connectivity index is 0.810. The SMILES string of the molecule is CC1C(O[C@H]2OCC3(COCc4ccccc4)O[C@@H](c4ccccc4)O[C@@H]23)[C@@H](OCc2ccccc2)CO[C@H]1O[C@H]1C(C)O[C@@H](C2(C)OC3C(C)[C@@H](N=[N+]=[N-])C(COCc4ccccc4)O[C@H]32)C2OC(C)(C)OC21. The molecule has 17 heteroatoms. The third-order valence-corrected chi connectivity index (χ3v) is 15.8. The molecule has 0 saturated carbocycles. The summed E-state index contributed by atoms with van der Waals surface area (Å²) < 4.78 is 94.3. The van der Waals surface area contributed by atoms with E-state index in [2.05, 4.69) is 10.0 Å². The minimum atomic E-state index is -0.984. The average Bonchev–Trinajstić information content (AvgIpc) is 4.08. The van der Waals surface area contributed by atoms with Crippen LogP contribution in [-0.4, -0.2) is 129 Å². The Morgan fingerprint density at radius 2 is 1.22 bits per heavy atom. The van der Waals surface area contributed by atoms with E-state index in [1.54, 1.807) is 0 Å². The van der Waals surface area contributed by atoms with E-state index in [-0.39, 0.29) is 38.4 Å². The van der Waals surface area contributed by atoms with Gasteiger partial charge in [-0.2, -0.15) is 0 Å². The van der Waals surface area contributed by atoms with Crippen LogP contribution in [0, 0.1) is 11.8 Å². The molecule has 7 fully saturated rings. The molecule has 0 radical (unpaired) electrons. The largest absolute Gasteiger partial charge is 0.374 e. The van der Waals surface area contributed by atoms with Gasteiger partial charge in [0, 0.05) is 16.4 Å².